The summed E-state index contributed by atoms with van der Waals surface area (Å²) >= 11 is 1.41. The van der Waals surface area contributed by atoms with Gasteiger partial charge in [0.2, 0.25) is 5.91 Å². The number of carbonyl (C=O) groups is 3. The third kappa shape index (κ3) is 4.49. The summed E-state index contributed by atoms with van der Waals surface area (Å²) < 4.78 is 0. The molecule has 0 bridgehead atoms. The van der Waals surface area contributed by atoms with Crippen LogP contribution in [0.5, 0.6) is 0 Å². The Labute approximate surface area is 131 Å². The molecule has 114 valence electrons. The van der Waals surface area contributed by atoms with Crippen molar-refractivity contribution in [1.82, 2.24) is 15.8 Å². The van der Waals surface area contributed by atoms with Crippen molar-refractivity contribution in [3.05, 3.63) is 52.0 Å². The molecule has 2 amide bonds. The van der Waals surface area contributed by atoms with Gasteiger partial charge in [0.05, 0.1) is 10.4 Å². The molecule has 0 fully saturated rings. The quantitative estimate of drug-likeness (QED) is 0.651. The molecular weight excluding hydrogens is 302 g/mol. The predicted octanol–water partition coefficient (Wildman–Crippen LogP) is 1.88. The van der Waals surface area contributed by atoms with E-state index in [-0.39, 0.29) is 18.6 Å². The van der Waals surface area contributed by atoms with Crippen LogP contribution in [0.25, 0.3) is 0 Å². The van der Waals surface area contributed by atoms with Crippen molar-refractivity contribution >= 4 is 28.9 Å². The summed E-state index contributed by atoms with van der Waals surface area (Å²) in [5, 5.41) is 0. The van der Waals surface area contributed by atoms with E-state index >= 15 is 0 Å². The molecule has 2 N–H and O–H groups in total. The molecule has 0 saturated heterocycles. The first-order chi connectivity index (χ1) is 10.6. The van der Waals surface area contributed by atoms with E-state index in [1.165, 1.54) is 17.5 Å². The van der Waals surface area contributed by atoms with Crippen molar-refractivity contribution in [3.8, 4) is 0 Å². The number of carbonyl (C=O) groups excluding carboxylic acids is 3. The Morgan fingerprint density at radius 3 is 2.59 bits per heavy atom. The Bertz CT molecular complexity index is 682. The molecule has 0 aliphatic carbocycles. The lowest BCUT2D eigenvalue weighted by Crippen LogP contribution is -2.41. The van der Waals surface area contributed by atoms with Gasteiger partial charge in [0.15, 0.2) is 5.78 Å². The summed E-state index contributed by atoms with van der Waals surface area (Å²) in [7, 11) is 0. The second-order valence-electron chi connectivity index (χ2n) is 4.58. The SMILES string of the molecule is Cc1ccc(C(=O)CCC(=O)NNC(=O)c2cccnc2)s1. The maximum atomic E-state index is 11.9. The minimum Gasteiger partial charge on any atom is -0.293 e. The molecule has 2 aromatic heterocycles. The molecule has 6 nitrogen and oxygen atoms in total. The summed E-state index contributed by atoms with van der Waals surface area (Å²) in [6.45, 7) is 1.92. The zero-order chi connectivity index (χ0) is 15.9. The first-order valence-corrected chi connectivity index (χ1v) is 7.47. The largest absolute Gasteiger partial charge is 0.293 e. The van der Waals surface area contributed by atoms with Crippen molar-refractivity contribution < 1.29 is 14.4 Å². The Hall–Kier alpha value is -2.54. The fourth-order valence-corrected chi connectivity index (χ4v) is 2.53. The number of hydrogen-bond acceptors (Lipinski definition) is 5. The van der Waals surface area contributed by atoms with Gasteiger partial charge in [0.1, 0.15) is 0 Å². The van der Waals surface area contributed by atoms with Crippen LogP contribution in [0.1, 0.15) is 37.7 Å². The summed E-state index contributed by atoms with van der Waals surface area (Å²) in [6.07, 6.45) is 3.06. The Kier molecular flexibility index (Phi) is 5.37. The van der Waals surface area contributed by atoms with Gasteiger partial charge < -0.3 is 0 Å². The number of rotatable bonds is 5. The highest BCUT2D eigenvalue weighted by molar-refractivity contribution is 7.14. The third-order valence-corrected chi connectivity index (χ3v) is 3.88. The van der Waals surface area contributed by atoms with E-state index in [1.54, 1.807) is 24.4 Å². The molecule has 0 aliphatic heterocycles. The van der Waals surface area contributed by atoms with Crippen LogP contribution >= 0.6 is 11.3 Å². The van der Waals surface area contributed by atoms with Crippen LogP contribution in [0.2, 0.25) is 0 Å². The Morgan fingerprint density at radius 2 is 1.95 bits per heavy atom. The van der Waals surface area contributed by atoms with Gasteiger partial charge in [-0.1, -0.05) is 0 Å². The van der Waals surface area contributed by atoms with E-state index in [2.05, 4.69) is 15.8 Å². The summed E-state index contributed by atoms with van der Waals surface area (Å²) in [6, 6.07) is 6.83. The molecule has 7 heteroatoms. The average molecular weight is 317 g/mol. The van der Waals surface area contributed by atoms with Crippen LogP contribution in [0.4, 0.5) is 0 Å². The van der Waals surface area contributed by atoms with Crippen LogP contribution in [-0.4, -0.2) is 22.6 Å². The van der Waals surface area contributed by atoms with Crippen LogP contribution in [0, 0.1) is 6.92 Å². The highest BCUT2D eigenvalue weighted by atomic mass is 32.1. The highest BCUT2D eigenvalue weighted by Crippen LogP contribution is 2.17. The molecule has 22 heavy (non-hydrogen) atoms. The van der Waals surface area contributed by atoms with Gasteiger partial charge in [-0.2, -0.15) is 0 Å². The number of amides is 2. The van der Waals surface area contributed by atoms with Crippen LogP contribution in [0.15, 0.2) is 36.7 Å². The summed E-state index contributed by atoms with van der Waals surface area (Å²) in [5.74, 6) is -0.952. The van der Waals surface area contributed by atoms with Gasteiger partial charge in [-0.05, 0) is 31.2 Å². The maximum Gasteiger partial charge on any atom is 0.271 e. The fraction of sp³-hybridized carbons (Fsp3) is 0.200. The highest BCUT2D eigenvalue weighted by Gasteiger charge is 2.12. The molecule has 0 atom stereocenters. The molecule has 0 unspecified atom stereocenters. The van der Waals surface area contributed by atoms with Crippen LogP contribution < -0.4 is 10.9 Å². The topological polar surface area (TPSA) is 88.2 Å². The zero-order valence-electron chi connectivity index (χ0n) is 12.0. The monoisotopic (exact) mass is 317 g/mol. The normalized spacial score (nSPS) is 10.0. The van der Waals surface area contributed by atoms with Gasteiger partial charge >= 0.3 is 0 Å². The van der Waals surface area contributed by atoms with Gasteiger partial charge in [-0.25, -0.2) is 0 Å². The first kappa shape index (κ1) is 15.8. The minimum atomic E-state index is -0.457. The zero-order valence-corrected chi connectivity index (χ0v) is 12.8. The lowest BCUT2D eigenvalue weighted by atomic mass is 10.2. The summed E-state index contributed by atoms with van der Waals surface area (Å²) in [4.78, 5) is 40.7. The summed E-state index contributed by atoms with van der Waals surface area (Å²) in [5.41, 5.74) is 4.90. The van der Waals surface area contributed by atoms with E-state index in [0.29, 0.717) is 10.4 Å². The average Bonchev–Trinajstić information content (AvgIpc) is 2.97. The second kappa shape index (κ2) is 7.46. The molecule has 0 saturated carbocycles. The number of ketones is 1. The lowest BCUT2D eigenvalue weighted by molar-refractivity contribution is -0.121. The van der Waals surface area contributed by atoms with Crippen LogP contribution in [0.3, 0.4) is 0 Å². The van der Waals surface area contributed by atoms with E-state index in [9.17, 15) is 14.4 Å². The van der Waals surface area contributed by atoms with Gasteiger partial charge in [0.25, 0.3) is 5.91 Å². The lowest BCUT2D eigenvalue weighted by Gasteiger charge is -2.06. The number of nitrogens with one attached hydrogen (secondary N) is 2. The standard InChI is InChI=1S/C15H15N3O3S/c1-10-4-6-13(22-10)12(19)5-7-14(20)17-18-15(21)11-3-2-8-16-9-11/h2-4,6,8-9H,5,7H2,1H3,(H,17,20)(H,18,21). The fourth-order valence-electron chi connectivity index (χ4n) is 1.69. The van der Waals surface area contributed by atoms with Crippen molar-refractivity contribution in [3.63, 3.8) is 0 Å². The molecule has 2 aromatic rings. The van der Waals surface area contributed by atoms with Gasteiger partial charge in [0, 0.05) is 30.1 Å². The van der Waals surface area contributed by atoms with Crippen molar-refractivity contribution in [2.24, 2.45) is 0 Å². The Morgan fingerprint density at radius 1 is 1.14 bits per heavy atom. The molecule has 2 heterocycles. The number of thiophene rings is 1. The van der Waals surface area contributed by atoms with Crippen molar-refractivity contribution in [1.29, 1.82) is 0 Å². The predicted molar refractivity (Wildman–Crippen MR) is 82.5 cm³/mol. The van der Waals surface area contributed by atoms with E-state index in [4.69, 9.17) is 0 Å². The smallest absolute Gasteiger partial charge is 0.271 e. The maximum absolute atomic E-state index is 11.9. The number of hydrazine groups is 1. The molecule has 0 spiro atoms. The number of nitrogens with zero attached hydrogens (tertiary/aromatic N) is 1. The number of aryl methyl sites for hydroxylation is 1. The number of aromatic nitrogens is 1. The molecule has 0 aromatic carbocycles. The van der Waals surface area contributed by atoms with Gasteiger partial charge in [-0.3, -0.25) is 30.2 Å². The number of Topliss-reactive ketones (excluding diaryl/α,β-unsaturated/α-hetero) is 1. The van der Waals surface area contributed by atoms with Crippen molar-refractivity contribution in [2.45, 2.75) is 19.8 Å². The van der Waals surface area contributed by atoms with Crippen LogP contribution in [-0.2, 0) is 4.79 Å². The van der Waals surface area contributed by atoms with E-state index in [0.717, 1.165) is 4.88 Å². The molecule has 0 radical (unpaired) electrons. The molecular formula is C15H15N3O3S. The van der Waals surface area contributed by atoms with Crippen molar-refractivity contribution in [2.75, 3.05) is 0 Å². The van der Waals surface area contributed by atoms with E-state index in [1.807, 2.05) is 13.0 Å². The second-order valence-corrected chi connectivity index (χ2v) is 5.87. The van der Waals surface area contributed by atoms with E-state index < -0.39 is 11.8 Å². The third-order valence-electron chi connectivity index (χ3n) is 2.83. The molecule has 0 aliphatic rings. The van der Waals surface area contributed by atoms with Gasteiger partial charge in [-0.15, -0.1) is 11.3 Å². The molecule has 2 rings (SSSR count). The number of hydrogen-bond donors (Lipinski definition) is 2. The Balaban J connectivity index is 1.74. The first-order valence-electron chi connectivity index (χ1n) is 6.65. The number of pyridine rings is 1. The minimum absolute atomic E-state index is 0.0170.